The summed E-state index contributed by atoms with van der Waals surface area (Å²) in [5.41, 5.74) is 7.58. The lowest BCUT2D eigenvalue weighted by molar-refractivity contribution is 0.483. The average Bonchev–Trinajstić information content (AvgIpc) is 2.46. The van der Waals surface area contributed by atoms with Gasteiger partial charge in [0.15, 0.2) is 0 Å². The van der Waals surface area contributed by atoms with Crippen LogP contribution in [0.25, 0.3) is 0 Å². The summed E-state index contributed by atoms with van der Waals surface area (Å²) < 4.78 is 29.6. The molecule has 0 saturated heterocycles. The van der Waals surface area contributed by atoms with Crippen molar-refractivity contribution in [1.82, 2.24) is 4.98 Å². The smallest absolute Gasteiger partial charge is 0.294 e. The van der Waals surface area contributed by atoms with Crippen LogP contribution in [-0.2, 0) is 16.5 Å². The molecule has 21 heavy (non-hydrogen) atoms. The zero-order chi connectivity index (χ0) is 15.7. The van der Waals surface area contributed by atoms with Crippen LogP contribution in [0.4, 0.5) is 0 Å². The summed E-state index contributed by atoms with van der Waals surface area (Å²) in [6.45, 7) is 2.60. The predicted molar refractivity (Wildman–Crippen MR) is 82.6 cm³/mol. The lowest BCUT2D eigenvalue weighted by atomic mass is 10.2. The van der Waals surface area contributed by atoms with E-state index in [1.807, 2.05) is 19.2 Å². The minimum Gasteiger partial charge on any atom is -0.330 e. The van der Waals surface area contributed by atoms with Crippen molar-refractivity contribution in [2.45, 2.75) is 24.7 Å². The zero-order valence-electron chi connectivity index (χ0n) is 11.9. The Morgan fingerprint density at radius 1 is 1.19 bits per heavy atom. The van der Waals surface area contributed by atoms with Crippen molar-refractivity contribution in [3.8, 4) is 0 Å². The number of hydrogen-bond acceptors (Lipinski definition) is 4. The molecule has 0 fully saturated rings. The molecule has 5 nitrogen and oxygen atoms in total. The number of hydrogen-bond donors (Lipinski definition) is 2. The molecule has 3 N–H and O–H groups in total. The summed E-state index contributed by atoms with van der Waals surface area (Å²) in [6, 6.07) is 10.0. The van der Waals surface area contributed by atoms with Crippen LogP contribution >= 0.6 is 0 Å². The van der Waals surface area contributed by atoms with Crippen molar-refractivity contribution in [3.63, 3.8) is 0 Å². The van der Waals surface area contributed by atoms with Gasteiger partial charge in [-0.1, -0.05) is 23.8 Å². The highest BCUT2D eigenvalue weighted by Gasteiger charge is 2.06. The van der Waals surface area contributed by atoms with E-state index in [1.165, 1.54) is 17.7 Å². The standard InChI is InChI=1S/C8H12N2.C7H8O3S/c9-5-1-3-8-4-2-6-10-7-8;1-6-2-4-7(5-3-6)11(8,9)10/h2,4,6-7H,1,3,5,9H2;2-5H,1H3,(H,8,9,10). The van der Waals surface area contributed by atoms with Crippen molar-refractivity contribution in [3.05, 3.63) is 59.9 Å². The monoisotopic (exact) mass is 308 g/mol. The second-order valence-corrected chi connectivity index (χ2v) is 5.96. The Kier molecular flexibility index (Phi) is 7.01. The third kappa shape index (κ3) is 6.99. The highest BCUT2D eigenvalue weighted by Crippen LogP contribution is 2.08. The first-order valence-electron chi connectivity index (χ1n) is 6.56. The molecule has 1 aromatic carbocycles. The summed E-state index contributed by atoms with van der Waals surface area (Å²) in [7, 11) is -4.02. The van der Waals surface area contributed by atoms with Gasteiger partial charge in [0, 0.05) is 12.4 Å². The first kappa shape index (κ1) is 17.3. The van der Waals surface area contributed by atoms with Gasteiger partial charge in [-0.25, -0.2) is 0 Å². The molecule has 1 aromatic heterocycles. The Morgan fingerprint density at radius 2 is 1.86 bits per heavy atom. The maximum absolute atomic E-state index is 10.5. The third-order valence-corrected chi connectivity index (χ3v) is 3.58. The summed E-state index contributed by atoms with van der Waals surface area (Å²) in [4.78, 5) is 3.93. The largest absolute Gasteiger partial charge is 0.330 e. The summed E-state index contributed by atoms with van der Waals surface area (Å²) in [5.74, 6) is 0. The molecule has 0 aliphatic heterocycles. The normalized spacial score (nSPS) is 10.6. The molecule has 1 heterocycles. The van der Waals surface area contributed by atoms with Gasteiger partial charge in [0.2, 0.25) is 0 Å². The van der Waals surface area contributed by atoms with E-state index in [1.54, 1.807) is 18.3 Å². The van der Waals surface area contributed by atoms with E-state index in [-0.39, 0.29) is 4.90 Å². The number of nitrogens with zero attached hydrogens (tertiary/aromatic N) is 1. The molecule has 0 aliphatic carbocycles. The van der Waals surface area contributed by atoms with Gasteiger partial charge in [-0.2, -0.15) is 8.42 Å². The molecule has 0 radical (unpaired) electrons. The Balaban J connectivity index is 0.000000211. The zero-order valence-corrected chi connectivity index (χ0v) is 12.8. The quantitative estimate of drug-likeness (QED) is 0.845. The van der Waals surface area contributed by atoms with E-state index in [9.17, 15) is 8.42 Å². The fourth-order valence-electron chi connectivity index (χ4n) is 1.56. The molecule has 0 saturated carbocycles. The van der Waals surface area contributed by atoms with E-state index >= 15 is 0 Å². The van der Waals surface area contributed by atoms with E-state index in [2.05, 4.69) is 11.1 Å². The van der Waals surface area contributed by atoms with Crippen molar-refractivity contribution in [1.29, 1.82) is 0 Å². The van der Waals surface area contributed by atoms with E-state index < -0.39 is 10.1 Å². The van der Waals surface area contributed by atoms with E-state index in [0.29, 0.717) is 0 Å². The SMILES string of the molecule is Cc1ccc(S(=O)(=O)O)cc1.NCCCc1cccnc1. The number of pyridine rings is 1. The molecular formula is C15H20N2O3S. The lowest BCUT2D eigenvalue weighted by Crippen LogP contribution is -2.00. The van der Waals surface area contributed by atoms with E-state index in [4.69, 9.17) is 10.3 Å². The Hall–Kier alpha value is -1.76. The Labute approximate surface area is 125 Å². The number of benzene rings is 1. The average molecular weight is 308 g/mol. The van der Waals surface area contributed by atoms with Gasteiger partial charge in [0.1, 0.15) is 0 Å². The van der Waals surface area contributed by atoms with Crippen LogP contribution in [-0.4, -0.2) is 24.5 Å². The number of nitrogens with two attached hydrogens (primary N) is 1. The fraction of sp³-hybridized carbons (Fsp3) is 0.267. The molecule has 0 unspecified atom stereocenters. The van der Waals surface area contributed by atoms with Crippen LogP contribution in [0, 0.1) is 6.92 Å². The third-order valence-electron chi connectivity index (χ3n) is 2.71. The van der Waals surface area contributed by atoms with Gasteiger partial charge in [-0.15, -0.1) is 0 Å². The Morgan fingerprint density at radius 3 is 2.33 bits per heavy atom. The molecule has 0 spiro atoms. The lowest BCUT2D eigenvalue weighted by Gasteiger charge is -1.95. The topological polar surface area (TPSA) is 93.3 Å². The maximum Gasteiger partial charge on any atom is 0.294 e. The van der Waals surface area contributed by atoms with Crippen LogP contribution in [0.2, 0.25) is 0 Å². The molecule has 0 bridgehead atoms. The molecule has 0 aliphatic rings. The predicted octanol–water partition coefficient (Wildman–Crippen LogP) is 2.21. The second kappa shape index (κ2) is 8.51. The van der Waals surface area contributed by atoms with Gasteiger partial charge >= 0.3 is 0 Å². The minimum atomic E-state index is -4.02. The van der Waals surface area contributed by atoms with Crippen molar-refractivity contribution in [2.24, 2.45) is 5.73 Å². The first-order chi connectivity index (χ1) is 9.93. The first-order valence-corrected chi connectivity index (χ1v) is 8.00. The highest BCUT2D eigenvalue weighted by molar-refractivity contribution is 7.85. The molecule has 2 aromatic rings. The summed E-state index contributed by atoms with van der Waals surface area (Å²) >= 11 is 0. The molecule has 2 rings (SSSR count). The summed E-state index contributed by atoms with van der Waals surface area (Å²) in [5, 5.41) is 0. The van der Waals surface area contributed by atoms with Crippen LogP contribution in [0.5, 0.6) is 0 Å². The van der Waals surface area contributed by atoms with Crippen molar-refractivity contribution >= 4 is 10.1 Å². The number of aryl methyl sites for hydroxylation is 2. The van der Waals surface area contributed by atoms with Crippen molar-refractivity contribution in [2.75, 3.05) is 6.54 Å². The van der Waals surface area contributed by atoms with Crippen molar-refractivity contribution < 1.29 is 13.0 Å². The van der Waals surface area contributed by atoms with Gasteiger partial charge in [0.25, 0.3) is 10.1 Å². The number of aromatic nitrogens is 1. The van der Waals surface area contributed by atoms with Gasteiger partial charge < -0.3 is 5.73 Å². The van der Waals surface area contributed by atoms with Crippen LogP contribution < -0.4 is 5.73 Å². The van der Waals surface area contributed by atoms with Crippen LogP contribution in [0.3, 0.4) is 0 Å². The molecule has 114 valence electrons. The van der Waals surface area contributed by atoms with Crippen LogP contribution in [0.1, 0.15) is 17.5 Å². The minimum absolute atomic E-state index is 0.0666. The van der Waals surface area contributed by atoms with Gasteiger partial charge in [-0.3, -0.25) is 9.54 Å². The van der Waals surface area contributed by atoms with Crippen LogP contribution in [0.15, 0.2) is 53.7 Å². The van der Waals surface area contributed by atoms with Gasteiger partial charge in [-0.05, 0) is 50.1 Å². The Bertz CT molecular complexity index is 626. The fourth-order valence-corrected chi connectivity index (χ4v) is 2.04. The molecule has 6 heteroatoms. The summed E-state index contributed by atoms with van der Waals surface area (Å²) in [6.07, 6.45) is 5.76. The highest BCUT2D eigenvalue weighted by atomic mass is 32.2. The number of rotatable bonds is 4. The second-order valence-electron chi connectivity index (χ2n) is 4.54. The van der Waals surface area contributed by atoms with Gasteiger partial charge in [0.05, 0.1) is 4.90 Å². The van der Waals surface area contributed by atoms with E-state index in [0.717, 1.165) is 24.9 Å². The molecular weight excluding hydrogens is 288 g/mol. The maximum atomic E-state index is 10.5. The molecule has 0 amide bonds. The molecule has 0 atom stereocenters.